The van der Waals surface area contributed by atoms with Crippen molar-refractivity contribution in [3.8, 4) is 0 Å². The molecule has 0 aliphatic carbocycles. The number of amides is 1. The number of fused-ring (bicyclic) bond motifs is 1. The number of hydrogen-bond donors (Lipinski definition) is 1. The number of para-hydroxylation sites is 2. The molecule has 0 saturated heterocycles. The van der Waals surface area contributed by atoms with Crippen LogP contribution in [0, 0.1) is 0 Å². The van der Waals surface area contributed by atoms with Crippen LogP contribution in [0.5, 0.6) is 0 Å². The Morgan fingerprint density at radius 2 is 2.19 bits per heavy atom. The molecule has 1 amide bonds. The Labute approximate surface area is 120 Å². The number of carbonyl (C=O) groups excluding carboxylic acids is 1. The zero-order valence-electron chi connectivity index (χ0n) is 11.6. The van der Waals surface area contributed by atoms with Crippen LogP contribution in [0.25, 0.3) is 11.0 Å². The molecule has 0 spiro atoms. The smallest absolute Gasteiger partial charge is 0.248 e. The Morgan fingerprint density at radius 1 is 1.33 bits per heavy atom. The van der Waals surface area contributed by atoms with Crippen LogP contribution in [0.4, 0.5) is 5.95 Å². The fourth-order valence-electron chi connectivity index (χ4n) is 2.18. The predicted molar refractivity (Wildman–Crippen MR) is 76.5 cm³/mol. The first-order valence-electron chi connectivity index (χ1n) is 6.74. The fraction of sp³-hybridized carbons (Fsp3) is 0.308. The van der Waals surface area contributed by atoms with E-state index in [0.717, 1.165) is 24.0 Å². The highest BCUT2D eigenvalue weighted by Gasteiger charge is 2.13. The summed E-state index contributed by atoms with van der Waals surface area (Å²) in [4.78, 5) is 16.5. The van der Waals surface area contributed by atoms with Crippen LogP contribution in [0.15, 0.2) is 30.6 Å². The first-order chi connectivity index (χ1) is 10.3. The Hall–Kier alpha value is -2.77. The minimum atomic E-state index is -0.213. The van der Waals surface area contributed by atoms with E-state index in [0.29, 0.717) is 5.95 Å². The Bertz CT molecular complexity index is 747. The summed E-state index contributed by atoms with van der Waals surface area (Å²) in [5.41, 5.74) is 1.88. The molecule has 3 aromatic rings. The van der Waals surface area contributed by atoms with Gasteiger partial charge in [-0.2, -0.15) is 0 Å². The largest absolute Gasteiger partial charge is 0.310 e. The number of hydrogen-bond acceptors (Lipinski definition) is 5. The molecule has 2 aromatic heterocycles. The lowest BCUT2D eigenvalue weighted by Gasteiger charge is -2.08. The second-order valence-corrected chi connectivity index (χ2v) is 4.63. The number of aromatic nitrogens is 6. The van der Waals surface area contributed by atoms with Gasteiger partial charge in [0.1, 0.15) is 12.9 Å². The van der Waals surface area contributed by atoms with Crippen molar-refractivity contribution in [1.29, 1.82) is 0 Å². The zero-order chi connectivity index (χ0) is 14.7. The fourth-order valence-corrected chi connectivity index (χ4v) is 2.18. The third-order valence-electron chi connectivity index (χ3n) is 3.05. The summed E-state index contributed by atoms with van der Waals surface area (Å²) >= 11 is 0. The van der Waals surface area contributed by atoms with Gasteiger partial charge in [-0.25, -0.2) is 9.67 Å². The maximum atomic E-state index is 12.0. The number of benzene rings is 1. The van der Waals surface area contributed by atoms with E-state index in [2.05, 4.69) is 32.7 Å². The number of aryl methyl sites for hydroxylation is 1. The summed E-state index contributed by atoms with van der Waals surface area (Å²) in [5, 5.41) is 13.5. The molecular weight excluding hydrogens is 270 g/mol. The van der Waals surface area contributed by atoms with Crippen molar-refractivity contribution in [1.82, 2.24) is 29.8 Å². The second kappa shape index (κ2) is 5.70. The molecule has 0 radical (unpaired) electrons. The molecule has 0 atom stereocenters. The van der Waals surface area contributed by atoms with Crippen LogP contribution in [-0.2, 0) is 17.9 Å². The molecule has 0 aliphatic heterocycles. The first-order valence-corrected chi connectivity index (χ1v) is 6.74. The molecule has 0 bridgehead atoms. The highest BCUT2D eigenvalue weighted by molar-refractivity contribution is 5.91. The van der Waals surface area contributed by atoms with Crippen molar-refractivity contribution >= 4 is 22.9 Å². The molecule has 0 unspecified atom stereocenters. The molecule has 8 nitrogen and oxygen atoms in total. The third kappa shape index (κ3) is 2.73. The predicted octanol–water partition coefficient (Wildman–Crippen LogP) is 1.07. The molecule has 3 rings (SSSR count). The van der Waals surface area contributed by atoms with E-state index in [4.69, 9.17) is 0 Å². The van der Waals surface area contributed by atoms with E-state index in [9.17, 15) is 4.79 Å². The van der Waals surface area contributed by atoms with Gasteiger partial charge in [0, 0.05) is 6.54 Å². The monoisotopic (exact) mass is 285 g/mol. The SMILES string of the molecule is CCCn1c(NC(=O)Cn2cnnn2)nc2ccccc21. The van der Waals surface area contributed by atoms with Crippen molar-refractivity contribution in [2.24, 2.45) is 0 Å². The zero-order valence-corrected chi connectivity index (χ0v) is 11.6. The molecular formula is C13H15N7O. The maximum absolute atomic E-state index is 12.0. The van der Waals surface area contributed by atoms with Gasteiger partial charge in [0.15, 0.2) is 0 Å². The Kier molecular flexibility index (Phi) is 3.59. The van der Waals surface area contributed by atoms with Crippen LogP contribution in [0.1, 0.15) is 13.3 Å². The summed E-state index contributed by atoms with van der Waals surface area (Å²) in [7, 11) is 0. The summed E-state index contributed by atoms with van der Waals surface area (Å²) < 4.78 is 3.37. The molecule has 21 heavy (non-hydrogen) atoms. The molecule has 0 saturated carbocycles. The van der Waals surface area contributed by atoms with E-state index in [-0.39, 0.29) is 12.5 Å². The van der Waals surface area contributed by atoms with Crippen molar-refractivity contribution in [2.75, 3.05) is 5.32 Å². The Balaban J connectivity index is 1.85. The average molecular weight is 285 g/mol. The molecule has 0 fully saturated rings. The van der Waals surface area contributed by atoms with Crippen LogP contribution in [0.2, 0.25) is 0 Å². The first kappa shape index (κ1) is 13.2. The topological polar surface area (TPSA) is 90.5 Å². The van der Waals surface area contributed by atoms with Gasteiger partial charge in [0.05, 0.1) is 11.0 Å². The average Bonchev–Trinajstić information content (AvgIpc) is 3.08. The van der Waals surface area contributed by atoms with Crippen LogP contribution < -0.4 is 5.32 Å². The minimum Gasteiger partial charge on any atom is -0.310 e. The number of imidazole rings is 1. The molecule has 1 N–H and O–H groups in total. The third-order valence-corrected chi connectivity index (χ3v) is 3.05. The van der Waals surface area contributed by atoms with Crippen molar-refractivity contribution in [2.45, 2.75) is 26.4 Å². The number of nitrogens with zero attached hydrogens (tertiary/aromatic N) is 6. The van der Waals surface area contributed by atoms with Crippen LogP contribution in [0.3, 0.4) is 0 Å². The Morgan fingerprint density at radius 3 is 2.95 bits per heavy atom. The molecule has 1 aromatic carbocycles. The lowest BCUT2D eigenvalue weighted by atomic mass is 10.3. The number of rotatable bonds is 5. The summed E-state index contributed by atoms with van der Waals surface area (Å²) in [6.07, 6.45) is 2.35. The van der Waals surface area contributed by atoms with Gasteiger partial charge in [-0.3, -0.25) is 10.1 Å². The maximum Gasteiger partial charge on any atom is 0.248 e. The van der Waals surface area contributed by atoms with Crippen molar-refractivity contribution in [3.63, 3.8) is 0 Å². The van der Waals surface area contributed by atoms with Crippen LogP contribution >= 0.6 is 0 Å². The molecule has 0 aliphatic rings. The minimum absolute atomic E-state index is 0.0579. The number of carbonyl (C=O) groups is 1. The number of nitrogens with one attached hydrogen (secondary N) is 1. The summed E-state index contributed by atoms with van der Waals surface area (Å²) in [6.45, 7) is 2.94. The highest BCUT2D eigenvalue weighted by Crippen LogP contribution is 2.19. The van der Waals surface area contributed by atoms with E-state index in [1.807, 2.05) is 28.8 Å². The van der Waals surface area contributed by atoms with Gasteiger partial charge in [0.25, 0.3) is 0 Å². The van der Waals surface area contributed by atoms with Crippen LogP contribution in [-0.4, -0.2) is 35.7 Å². The van der Waals surface area contributed by atoms with E-state index < -0.39 is 0 Å². The van der Waals surface area contributed by atoms with E-state index in [1.54, 1.807) is 0 Å². The van der Waals surface area contributed by atoms with E-state index in [1.165, 1.54) is 11.0 Å². The molecule has 2 heterocycles. The van der Waals surface area contributed by atoms with Gasteiger partial charge in [-0.05, 0) is 29.0 Å². The van der Waals surface area contributed by atoms with E-state index >= 15 is 0 Å². The van der Waals surface area contributed by atoms with Gasteiger partial charge in [0.2, 0.25) is 11.9 Å². The number of anilines is 1. The lowest BCUT2D eigenvalue weighted by molar-refractivity contribution is -0.117. The summed E-state index contributed by atoms with van der Waals surface area (Å²) in [5.74, 6) is 0.339. The standard InChI is InChI=1S/C13H15N7O/c1-2-7-20-11-6-4-3-5-10(11)15-13(20)16-12(21)8-19-9-14-17-18-19/h3-6,9H,2,7-8H2,1H3,(H,15,16,21). The number of tetrazole rings is 1. The molecule has 8 heteroatoms. The lowest BCUT2D eigenvalue weighted by Crippen LogP contribution is -2.21. The normalized spacial score (nSPS) is 10.9. The van der Waals surface area contributed by atoms with Gasteiger partial charge in [-0.1, -0.05) is 19.1 Å². The van der Waals surface area contributed by atoms with Gasteiger partial charge < -0.3 is 4.57 Å². The second-order valence-electron chi connectivity index (χ2n) is 4.63. The highest BCUT2D eigenvalue weighted by atomic mass is 16.2. The van der Waals surface area contributed by atoms with Gasteiger partial charge >= 0.3 is 0 Å². The van der Waals surface area contributed by atoms with Crippen molar-refractivity contribution in [3.05, 3.63) is 30.6 Å². The summed E-state index contributed by atoms with van der Waals surface area (Å²) in [6, 6.07) is 7.81. The quantitative estimate of drug-likeness (QED) is 0.757. The van der Waals surface area contributed by atoms with Gasteiger partial charge in [-0.15, -0.1) is 5.10 Å². The van der Waals surface area contributed by atoms with Crippen molar-refractivity contribution < 1.29 is 4.79 Å². The molecule has 108 valence electrons.